The molecule has 0 fully saturated rings. The summed E-state index contributed by atoms with van der Waals surface area (Å²) in [6.07, 6.45) is 2.32. The van der Waals surface area contributed by atoms with E-state index in [1.165, 1.54) is 0 Å². The molecule has 8 heteroatoms. The van der Waals surface area contributed by atoms with Crippen molar-refractivity contribution in [3.05, 3.63) is 41.4 Å². The first kappa shape index (κ1) is 22.5. The number of thioether (sulfide) groups is 1. The molecule has 1 aromatic carbocycles. The lowest BCUT2D eigenvalue weighted by Crippen LogP contribution is -2.38. The number of aliphatic hydroxyl groups excluding tert-OH is 1. The molecule has 0 aliphatic carbocycles. The Morgan fingerprint density at radius 3 is 2.71 bits per heavy atom. The normalized spacial score (nSPS) is 12.8. The lowest BCUT2D eigenvalue weighted by molar-refractivity contribution is 0.186. The maximum Gasteiger partial charge on any atom is 0.191 e. The second-order valence-corrected chi connectivity index (χ2v) is 8.63. The van der Waals surface area contributed by atoms with Crippen LogP contribution in [0.1, 0.15) is 38.9 Å². The predicted octanol–water partition coefficient (Wildman–Crippen LogP) is 3.70. The zero-order valence-electron chi connectivity index (χ0n) is 16.7. The summed E-state index contributed by atoms with van der Waals surface area (Å²) in [5.41, 5.74) is 0.829. The number of ether oxygens (including phenoxy) is 1. The third-order valence-electron chi connectivity index (χ3n) is 3.65. The molecule has 1 heterocycles. The first-order chi connectivity index (χ1) is 13.6. The Morgan fingerprint density at radius 2 is 2.07 bits per heavy atom. The van der Waals surface area contributed by atoms with Crippen molar-refractivity contribution in [2.45, 2.75) is 43.7 Å². The molecule has 0 spiro atoms. The summed E-state index contributed by atoms with van der Waals surface area (Å²) in [4.78, 5) is 8.77. The Labute approximate surface area is 175 Å². The van der Waals surface area contributed by atoms with E-state index in [4.69, 9.17) is 4.74 Å². The number of benzene rings is 1. The van der Waals surface area contributed by atoms with E-state index in [2.05, 4.69) is 20.6 Å². The highest BCUT2D eigenvalue weighted by molar-refractivity contribution is 8.00. The maximum atomic E-state index is 10.4. The molecule has 0 saturated carbocycles. The topological polar surface area (TPSA) is 78.8 Å². The number of aromatic nitrogens is 1. The summed E-state index contributed by atoms with van der Waals surface area (Å²) in [6.45, 7) is 7.90. The first-order valence-electron chi connectivity index (χ1n) is 9.57. The van der Waals surface area contributed by atoms with Crippen molar-refractivity contribution < 1.29 is 9.84 Å². The van der Waals surface area contributed by atoms with Crippen molar-refractivity contribution in [1.82, 2.24) is 15.6 Å². The maximum absolute atomic E-state index is 10.4. The van der Waals surface area contributed by atoms with Crippen molar-refractivity contribution in [2.75, 3.05) is 25.4 Å². The van der Waals surface area contributed by atoms with Crippen LogP contribution in [0.15, 0.2) is 45.2 Å². The van der Waals surface area contributed by atoms with E-state index in [1.54, 1.807) is 23.1 Å². The van der Waals surface area contributed by atoms with Gasteiger partial charge in [-0.15, -0.1) is 11.3 Å². The number of rotatable bonds is 11. The van der Waals surface area contributed by atoms with Gasteiger partial charge in [0.2, 0.25) is 0 Å². The summed E-state index contributed by atoms with van der Waals surface area (Å²) in [7, 11) is 0. The molecule has 0 saturated heterocycles. The molecule has 0 aliphatic heterocycles. The van der Waals surface area contributed by atoms with E-state index in [0.717, 1.165) is 46.9 Å². The molecule has 2 rings (SSSR count). The van der Waals surface area contributed by atoms with E-state index in [-0.39, 0.29) is 6.10 Å². The minimum Gasteiger partial charge on any atom is -0.491 e. The zero-order chi connectivity index (χ0) is 20.2. The standard InChI is InChI=1S/C20H30N4O2S2/c1-4-21-19(22-10-5-12-27-20-23-11-13-28-20)24-14-18(25)16-6-8-17(9-7-16)26-15(2)3/h6-9,11,13,15,18,25H,4-5,10,12,14H2,1-3H3,(H2,21,22,24). The Bertz CT molecular complexity index is 691. The Hall–Kier alpha value is -1.77. The van der Waals surface area contributed by atoms with Gasteiger partial charge in [0.15, 0.2) is 5.96 Å². The van der Waals surface area contributed by atoms with Crippen LogP contribution in [0, 0.1) is 0 Å². The summed E-state index contributed by atoms with van der Waals surface area (Å²) >= 11 is 3.44. The molecule has 1 unspecified atom stereocenters. The van der Waals surface area contributed by atoms with E-state index < -0.39 is 6.10 Å². The van der Waals surface area contributed by atoms with Gasteiger partial charge in [-0.2, -0.15) is 0 Å². The summed E-state index contributed by atoms with van der Waals surface area (Å²) < 4.78 is 6.74. The van der Waals surface area contributed by atoms with Crippen LogP contribution in [0.25, 0.3) is 0 Å². The summed E-state index contributed by atoms with van der Waals surface area (Å²) in [5.74, 6) is 2.54. The van der Waals surface area contributed by atoms with E-state index in [9.17, 15) is 5.11 Å². The van der Waals surface area contributed by atoms with Gasteiger partial charge in [-0.1, -0.05) is 23.9 Å². The minimum absolute atomic E-state index is 0.133. The third-order valence-corrected chi connectivity index (χ3v) is 5.70. The molecular weight excluding hydrogens is 392 g/mol. The van der Waals surface area contributed by atoms with Crippen molar-refractivity contribution in [3.8, 4) is 5.75 Å². The first-order valence-corrected chi connectivity index (χ1v) is 11.4. The lowest BCUT2D eigenvalue weighted by Gasteiger charge is -2.14. The molecule has 154 valence electrons. The fourth-order valence-corrected chi connectivity index (χ4v) is 4.03. The van der Waals surface area contributed by atoms with Gasteiger partial charge in [0.1, 0.15) is 10.1 Å². The number of nitrogens with zero attached hydrogens (tertiary/aromatic N) is 2. The fraction of sp³-hybridized carbons (Fsp3) is 0.500. The molecule has 0 radical (unpaired) electrons. The second kappa shape index (κ2) is 12.6. The minimum atomic E-state index is -0.649. The van der Waals surface area contributed by atoms with Gasteiger partial charge in [0.25, 0.3) is 0 Å². The van der Waals surface area contributed by atoms with Crippen molar-refractivity contribution in [1.29, 1.82) is 0 Å². The van der Waals surface area contributed by atoms with Crippen LogP contribution >= 0.6 is 23.1 Å². The number of hydrogen-bond acceptors (Lipinski definition) is 6. The van der Waals surface area contributed by atoms with Crippen LogP contribution in [-0.2, 0) is 0 Å². The van der Waals surface area contributed by atoms with Gasteiger partial charge in [-0.3, -0.25) is 4.99 Å². The van der Waals surface area contributed by atoms with Gasteiger partial charge in [-0.25, -0.2) is 4.98 Å². The molecule has 2 aromatic rings. The van der Waals surface area contributed by atoms with Gasteiger partial charge in [0, 0.05) is 30.4 Å². The van der Waals surface area contributed by atoms with Crippen LogP contribution in [0.5, 0.6) is 5.75 Å². The molecule has 0 bridgehead atoms. The number of aliphatic imine (C=N–C) groups is 1. The molecule has 1 aromatic heterocycles. The molecular formula is C20H30N4O2S2. The highest BCUT2D eigenvalue weighted by Gasteiger charge is 2.08. The van der Waals surface area contributed by atoms with Crippen molar-refractivity contribution in [3.63, 3.8) is 0 Å². The van der Waals surface area contributed by atoms with Crippen LogP contribution in [0.2, 0.25) is 0 Å². The van der Waals surface area contributed by atoms with E-state index >= 15 is 0 Å². The lowest BCUT2D eigenvalue weighted by atomic mass is 10.1. The summed E-state index contributed by atoms with van der Waals surface area (Å²) in [6, 6.07) is 7.53. The number of guanidine groups is 1. The number of hydrogen-bond donors (Lipinski definition) is 3. The number of thiazole rings is 1. The Morgan fingerprint density at radius 1 is 1.29 bits per heavy atom. The van der Waals surface area contributed by atoms with Crippen molar-refractivity contribution >= 4 is 29.1 Å². The predicted molar refractivity (Wildman–Crippen MR) is 119 cm³/mol. The Balaban J connectivity index is 1.76. The summed E-state index contributed by atoms with van der Waals surface area (Å²) in [5, 5.41) is 18.9. The highest BCUT2D eigenvalue weighted by Crippen LogP contribution is 2.20. The molecule has 0 amide bonds. The SMILES string of the molecule is CCNC(=NCC(O)c1ccc(OC(C)C)cc1)NCCCSc1nccs1. The third kappa shape index (κ3) is 8.50. The van der Waals surface area contributed by atoms with Gasteiger partial charge >= 0.3 is 0 Å². The average Bonchev–Trinajstić information content (AvgIpc) is 3.19. The van der Waals surface area contributed by atoms with Gasteiger partial charge in [0.05, 0.1) is 18.8 Å². The average molecular weight is 423 g/mol. The number of nitrogens with one attached hydrogen (secondary N) is 2. The van der Waals surface area contributed by atoms with Gasteiger partial charge < -0.3 is 20.5 Å². The Kier molecular flexibility index (Phi) is 10.2. The van der Waals surface area contributed by atoms with E-state index in [0.29, 0.717) is 6.54 Å². The number of aliphatic hydroxyl groups is 1. The van der Waals surface area contributed by atoms with E-state index in [1.807, 2.05) is 56.6 Å². The quantitative estimate of drug-likeness (QED) is 0.222. The molecule has 1 atom stereocenters. The molecule has 3 N–H and O–H groups in total. The fourth-order valence-electron chi connectivity index (χ4n) is 2.39. The van der Waals surface area contributed by atoms with Gasteiger partial charge in [-0.05, 0) is 44.9 Å². The van der Waals surface area contributed by atoms with Crippen LogP contribution in [-0.4, -0.2) is 47.5 Å². The van der Waals surface area contributed by atoms with Crippen LogP contribution < -0.4 is 15.4 Å². The monoisotopic (exact) mass is 422 g/mol. The molecule has 0 aliphatic rings. The highest BCUT2D eigenvalue weighted by atomic mass is 32.2. The van der Waals surface area contributed by atoms with Crippen molar-refractivity contribution in [2.24, 2.45) is 4.99 Å². The second-order valence-electron chi connectivity index (χ2n) is 6.40. The van der Waals surface area contributed by atoms with Crippen LogP contribution in [0.3, 0.4) is 0 Å². The zero-order valence-corrected chi connectivity index (χ0v) is 18.4. The molecule has 28 heavy (non-hydrogen) atoms. The van der Waals surface area contributed by atoms with Crippen LogP contribution in [0.4, 0.5) is 0 Å². The molecule has 6 nitrogen and oxygen atoms in total. The largest absolute Gasteiger partial charge is 0.491 e. The smallest absolute Gasteiger partial charge is 0.191 e.